The summed E-state index contributed by atoms with van der Waals surface area (Å²) in [5.74, 6) is 0. The van der Waals surface area contributed by atoms with E-state index in [1.165, 1.54) is 0 Å². The van der Waals surface area contributed by atoms with Crippen LogP contribution in [0.15, 0.2) is 11.6 Å². The molecule has 0 aliphatic rings. The molecule has 2 heteroatoms. The smallest absolute Gasteiger partial charge is 0.0940 e. The van der Waals surface area contributed by atoms with Crippen molar-refractivity contribution in [2.24, 2.45) is 0 Å². The maximum Gasteiger partial charge on any atom is 0.0940 e. The second-order valence-corrected chi connectivity index (χ2v) is 1.51. The highest BCUT2D eigenvalue weighted by Crippen LogP contribution is 1.90. The van der Waals surface area contributed by atoms with Crippen LogP contribution in [0.2, 0.25) is 0 Å². The van der Waals surface area contributed by atoms with Crippen molar-refractivity contribution in [1.29, 1.82) is 5.26 Å². The number of hydrogen-bond acceptors (Lipinski definition) is 2. The van der Waals surface area contributed by atoms with Crippen molar-refractivity contribution in [3.8, 4) is 6.07 Å². The van der Waals surface area contributed by atoms with Gasteiger partial charge < -0.3 is 5.11 Å². The molecule has 0 aliphatic heterocycles. The minimum absolute atomic E-state index is 0.124. The van der Waals surface area contributed by atoms with E-state index in [-0.39, 0.29) is 6.61 Å². The van der Waals surface area contributed by atoms with E-state index in [2.05, 4.69) is 0 Å². The first kappa shape index (κ1) is 7.19. The maximum atomic E-state index is 8.26. The standard InChI is InChI=1S/C6H9NO/c1-6(5-7)3-2-4-8/h3,8H,2,4H2,1H3/b6-3-. The summed E-state index contributed by atoms with van der Waals surface area (Å²) in [6.07, 6.45) is 2.29. The summed E-state index contributed by atoms with van der Waals surface area (Å²) < 4.78 is 0. The van der Waals surface area contributed by atoms with Gasteiger partial charge in [-0.2, -0.15) is 5.26 Å². The number of hydrogen-bond donors (Lipinski definition) is 1. The van der Waals surface area contributed by atoms with Gasteiger partial charge in [-0.3, -0.25) is 0 Å². The molecule has 0 saturated heterocycles. The fraction of sp³-hybridized carbons (Fsp3) is 0.500. The highest BCUT2D eigenvalue weighted by Gasteiger charge is 1.80. The molecule has 1 N–H and O–H groups in total. The van der Waals surface area contributed by atoms with Gasteiger partial charge in [-0.05, 0) is 13.3 Å². The van der Waals surface area contributed by atoms with E-state index >= 15 is 0 Å². The molecule has 0 amide bonds. The molecule has 44 valence electrons. The van der Waals surface area contributed by atoms with Crippen LogP contribution in [0.3, 0.4) is 0 Å². The zero-order valence-corrected chi connectivity index (χ0v) is 4.89. The molecule has 0 rings (SSSR count). The van der Waals surface area contributed by atoms with Gasteiger partial charge in [-0.1, -0.05) is 6.08 Å². The summed E-state index contributed by atoms with van der Waals surface area (Å²) >= 11 is 0. The molecule has 0 spiro atoms. The summed E-state index contributed by atoms with van der Waals surface area (Å²) in [7, 11) is 0. The average molecular weight is 111 g/mol. The van der Waals surface area contributed by atoms with Crippen LogP contribution in [0.25, 0.3) is 0 Å². The van der Waals surface area contributed by atoms with Crippen molar-refractivity contribution in [3.63, 3.8) is 0 Å². The third kappa shape index (κ3) is 3.38. The van der Waals surface area contributed by atoms with Gasteiger partial charge in [-0.25, -0.2) is 0 Å². The first-order valence-electron chi connectivity index (χ1n) is 2.49. The predicted octanol–water partition coefficient (Wildman–Crippen LogP) is 0.839. The fourth-order valence-electron chi connectivity index (χ4n) is 0.327. The lowest BCUT2D eigenvalue weighted by Crippen LogP contribution is -1.77. The van der Waals surface area contributed by atoms with E-state index in [4.69, 9.17) is 10.4 Å². The summed E-state index contributed by atoms with van der Waals surface area (Å²) in [5.41, 5.74) is 0.666. The van der Waals surface area contributed by atoms with Crippen LogP contribution in [-0.4, -0.2) is 11.7 Å². The molecular weight excluding hydrogens is 102 g/mol. The van der Waals surface area contributed by atoms with Crippen molar-refractivity contribution in [2.75, 3.05) is 6.61 Å². The van der Waals surface area contributed by atoms with E-state index < -0.39 is 0 Å². The third-order valence-corrected chi connectivity index (χ3v) is 0.756. The van der Waals surface area contributed by atoms with Crippen LogP contribution in [0.1, 0.15) is 13.3 Å². The zero-order chi connectivity index (χ0) is 6.41. The Morgan fingerprint density at radius 2 is 2.50 bits per heavy atom. The van der Waals surface area contributed by atoms with Crippen LogP contribution in [0.4, 0.5) is 0 Å². The van der Waals surface area contributed by atoms with Gasteiger partial charge >= 0.3 is 0 Å². The Morgan fingerprint density at radius 3 is 2.88 bits per heavy atom. The molecule has 0 aromatic carbocycles. The Labute approximate surface area is 49.1 Å². The molecule has 0 aromatic heterocycles. The second-order valence-electron chi connectivity index (χ2n) is 1.51. The highest BCUT2D eigenvalue weighted by molar-refractivity contribution is 5.16. The largest absolute Gasteiger partial charge is 0.396 e. The van der Waals surface area contributed by atoms with Crippen LogP contribution in [-0.2, 0) is 0 Å². The molecule has 0 heterocycles. The first-order chi connectivity index (χ1) is 3.81. The second kappa shape index (κ2) is 4.35. The van der Waals surface area contributed by atoms with Gasteiger partial charge in [0.2, 0.25) is 0 Å². The summed E-state index contributed by atoms with van der Waals surface area (Å²) in [6, 6.07) is 1.95. The van der Waals surface area contributed by atoms with Crippen LogP contribution in [0.5, 0.6) is 0 Å². The fourth-order valence-corrected chi connectivity index (χ4v) is 0.327. The van der Waals surface area contributed by atoms with E-state index in [1.807, 2.05) is 6.07 Å². The van der Waals surface area contributed by atoms with Gasteiger partial charge in [0.25, 0.3) is 0 Å². The topological polar surface area (TPSA) is 44.0 Å². The molecule has 8 heavy (non-hydrogen) atoms. The van der Waals surface area contributed by atoms with Crippen LogP contribution < -0.4 is 0 Å². The minimum atomic E-state index is 0.124. The number of nitriles is 1. The maximum absolute atomic E-state index is 8.26. The summed E-state index contributed by atoms with van der Waals surface area (Å²) in [6.45, 7) is 1.84. The lowest BCUT2D eigenvalue weighted by molar-refractivity contribution is 0.302. The number of allylic oxidation sites excluding steroid dienone is 1. The Morgan fingerprint density at radius 1 is 1.88 bits per heavy atom. The lowest BCUT2D eigenvalue weighted by Gasteiger charge is -1.82. The lowest BCUT2D eigenvalue weighted by atomic mass is 10.3. The molecule has 0 aromatic rings. The molecule has 0 atom stereocenters. The zero-order valence-electron chi connectivity index (χ0n) is 4.89. The highest BCUT2D eigenvalue weighted by atomic mass is 16.2. The summed E-state index contributed by atoms with van der Waals surface area (Å²) in [4.78, 5) is 0. The van der Waals surface area contributed by atoms with Gasteiger partial charge in [-0.15, -0.1) is 0 Å². The molecule has 0 unspecified atom stereocenters. The van der Waals surface area contributed by atoms with Crippen molar-refractivity contribution in [1.82, 2.24) is 0 Å². The van der Waals surface area contributed by atoms with Gasteiger partial charge in [0.05, 0.1) is 6.07 Å². The Hall–Kier alpha value is -0.810. The Bertz CT molecular complexity index is 121. The SMILES string of the molecule is C/C(C#N)=C/CCO. The van der Waals surface area contributed by atoms with E-state index in [0.29, 0.717) is 12.0 Å². The van der Waals surface area contributed by atoms with Crippen molar-refractivity contribution < 1.29 is 5.11 Å². The molecular formula is C6H9NO. The van der Waals surface area contributed by atoms with E-state index in [1.54, 1.807) is 13.0 Å². The number of aliphatic hydroxyl groups is 1. The Kier molecular flexibility index (Phi) is 3.91. The number of aliphatic hydroxyl groups excluding tert-OH is 1. The van der Waals surface area contributed by atoms with Gasteiger partial charge in [0.15, 0.2) is 0 Å². The number of nitrogens with zero attached hydrogens (tertiary/aromatic N) is 1. The average Bonchev–Trinajstić information content (AvgIpc) is 1.83. The molecule has 0 radical (unpaired) electrons. The quantitative estimate of drug-likeness (QED) is 0.536. The molecule has 0 aliphatic carbocycles. The van der Waals surface area contributed by atoms with E-state index in [9.17, 15) is 0 Å². The molecule has 0 bridgehead atoms. The molecule has 0 fully saturated rings. The molecule has 2 nitrogen and oxygen atoms in total. The Balaban J connectivity index is 3.46. The van der Waals surface area contributed by atoms with Crippen molar-refractivity contribution in [2.45, 2.75) is 13.3 Å². The molecule has 0 saturated carbocycles. The van der Waals surface area contributed by atoms with E-state index in [0.717, 1.165) is 0 Å². The van der Waals surface area contributed by atoms with Crippen LogP contribution in [0, 0.1) is 11.3 Å². The third-order valence-electron chi connectivity index (χ3n) is 0.756. The van der Waals surface area contributed by atoms with Gasteiger partial charge in [0.1, 0.15) is 0 Å². The summed E-state index contributed by atoms with van der Waals surface area (Å²) in [5, 5.41) is 16.4. The predicted molar refractivity (Wildman–Crippen MR) is 31.1 cm³/mol. The monoisotopic (exact) mass is 111 g/mol. The first-order valence-corrected chi connectivity index (χ1v) is 2.49. The van der Waals surface area contributed by atoms with Crippen molar-refractivity contribution >= 4 is 0 Å². The normalized spacial score (nSPS) is 10.9. The van der Waals surface area contributed by atoms with Crippen molar-refractivity contribution in [3.05, 3.63) is 11.6 Å². The minimum Gasteiger partial charge on any atom is -0.396 e. The van der Waals surface area contributed by atoms with Gasteiger partial charge in [0, 0.05) is 12.2 Å². The number of rotatable bonds is 2. The van der Waals surface area contributed by atoms with Crippen LogP contribution >= 0.6 is 0 Å².